The molecule has 0 aliphatic rings. The number of rotatable bonds is 2. The Balaban J connectivity index is 2.82. The van der Waals surface area contributed by atoms with Gasteiger partial charge < -0.3 is 5.53 Å². The van der Waals surface area contributed by atoms with E-state index >= 15 is 0 Å². The van der Waals surface area contributed by atoms with Crippen molar-refractivity contribution in [2.75, 3.05) is 0 Å². The summed E-state index contributed by atoms with van der Waals surface area (Å²) in [4.78, 5) is -1.17. The highest BCUT2D eigenvalue weighted by molar-refractivity contribution is 8.31. The Morgan fingerprint density at radius 1 is 0.690 bits per heavy atom. The van der Waals surface area contributed by atoms with Gasteiger partial charge in [-0.25, -0.2) is 16.8 Å². The van der Waals surface area contributed by atoms with Crippen LogP contribution >= 0.6 is 0 Å². The quantitative estimate of drug-likeness (QED) is 0.226. The summed E-state index contributed by atoms with van der Waals surface area (Å²) in [6.45, 7) is 0. The van der Waals surface area contributed by atoms with Gasteiger partial charge in [-0.1, -0.05) is 24.3 Å². The Kier molecular flexibility index (Phi) is 5.67. The molecular formula is C15H8F6N2O4S2. The lowest BCUT2D eigenvalue weighted by Gasteiger charge is -2.13. The Morgan fingerprint density at radius 2 is 1.00 bits per heavy atom. The van der Waals surface area contributed by atoms with Crippen LogP contribution in [0.25, 0.3) is 5.53 Å². The van der Waals surface area contributed by atoms with Crippen molar-refractivity contribution in [1.29, 1.82) is 0 Å². The normalized spacial score (nSPS) is 13.0. The minimum Gasteiger partial charge on any atom is -0.359 e. The van der Waals surface area contributed by atoms with Crippen molar-refractivity contribution in [2.24, 2.45) is 0 Å². The number of halogens is 6. The highest BCUT2D eigenvalue weighted by Crippen LogP contribution is 2.38. The van der Waals surface area contributed by atoms with Gasteiger partial charge in [0.1, 0.15) is 0 Å². The van der Waals surface area contributed by atoms with Crippen LogP contribution in [0.1, 0.15) is 11.1 Å². The molecule has 0 heterocycles. The fraction of sp³-hybridized carbons (Fsp3) is 0.133. The molecule has 0 aromatic heterocycles. The molecule has 0 fully saturated rings. The van der Waals surface area contributed by atoms with Crippen molar-refractivity contribution in [3.8, 4) is 0 Å². The van der Waals surface area contributed by atoms with Gasteiger partial charge in [0.15, 0.2) is 0 Å². The lowest BCUT2D eigenvalue weighted by Crippen LogP contribution is -2.29. The van der Waals surface area contributed by atoms with Crippen LogP contribution < -0.4 is 0 Å². The van der Waals surface area contributed by atoms with Crippen LogP contribution in [0.4, 0.5) is 26.3 Å². The third kappa shape index (κ3) is 4.18. The van der Waals surface area contributed by atoms with Gasteiger partial charge in [-0.2, -0.15) is 26.3 Å². The Bertz CT molecular complexity index is 1120. The molecule has 0 bridgehead atoms. The first kappa shape index (κ1) is 22.6. The monoisotopic (exact) mass is 458 g/mol. The maximum atomic E-state index is 13.1. The molecule has 29 heavy (non-hydrogen) atoms. The summed E-state index contributed by atoms with van der Waals surface area (Å²) in [6.07, 6.45) is -10.5. The van der Waals surface area contributed by atoms with Crippen molar-refractivity contribution in [3.63, 3.8) is 0 Å². The van der Waals surface area contributed by atoms with E-state index in [0.29, 0.717) is 24.3 Å². The molecular weight excluding hydrogens is 450 g/mol. The largest absolute Gasteiger partial charge is 0.504 e. The molecule has 0 spiro atoms. The van der Waals surface area contributed by atoms with Gasteiger partial charge in [-0.15, -0.1) is 4.79 Å². The maximum absolute atomic E-state index is 13.1. The number of sulfone groups is 2. The first-order chi connectivity index (χ1) is 13.1. The molecule has 14 heteroatoms. The van der Waals surface area contributed by atoms with Crippen LogP contribution in [0.3, 0.4) is 0 Å². The van der Waals surface area contributed by atoms with E-state index in [9.17, 15) is 43.2 Å². The molecule has 0 amide bonds. The third-order valence-corrected chi connectivity index (χ3v) is 7.77. The van der Waals surface area contributed by atoms with Crippen LogP contribution in [0.2, 0.25) is 0 Å². The molecule has 0 N–H and O–H groups in total. The van der Waals surface area contributed by atoms with Crippen LogP contribution in [0.5, 0.6) is 0 Å². The van der Waals surface area contributed by atoms with Gasteiger partial charge in [-0.05, 0) is 24.3 Å². The summed E-state index contributed by atoms with van der Waals surface area (Å²) in [5.41, 5.74) is 5.39. The highest BCUT2D eigenvalue weighted by Gasteiger charge is 2.50. The zero-order valence-electron chi connectivity index (χ0n) is 13.7. The molecule has 0 unspecified atom stereocenters. The average molecular weight is 458 g/mol. The van der Waals surface area contributed by atoms with Crippen LogP contribution in [0, 0.1) is 0 Å². The zero-order valence-corrected chi connectivity index (χ0v) is 15.4. The topological polar surface area (TPSA) is 105 Å². The van der Waals surface area contributed by atoms with Crippen molar-refractivity contribution >= 4 is 24.1 Å². The fourth-order valence-electron chi connectivity index (χ4n) is 2.31. The third-order valence-electron chi connectivity index (χ3n) is 3.51. The number of alkyl halides is 6. The van der Waals surface area contributed by atoms with Gasteiger partial charge in [0, 0.05) is 0 Å². The average Bonchev–Trinajstić information content (AvgIpc) is 2.60. The summed E-state index contributed by atoms with van der Waals surface area (Å²) in [6, 6.07) is 4.68. The van der Waals surface area contributed by atoms with Gasteiger partial charge in [0.2, 0.25) is 0 Å². The molecule has 6 nitrogen and oxygen atoms in total. The second kappa shape index (κ2) is 7.28. The van der Waals surface area contributed by atoms with Crippen molar-refractivity contribution < 1.29 is 48.0 Å². The standard InChI is InChI=1S/C15H8F6N2O4S2/c16-14(17,18)9-5-1-3-7-11(9)28(24,25)13(23-22)29(26,27)12-8-4-2-6-10(12)15(19,20)21/h1-8H. The van der Waals surface area contributed by atoms with Crippen LogP contribution in [-0.2, 0) is 32.0 Å². The molecule has 0 saturated carbocycles. The lowest BCUT2D eigenvalue weighted by atomic mass is 10.2. The number of nitrogens with zero attached hydrogens (tertiary/aromatic N) is 2. The predicted octanol–water partition coefficient (Wildman–Crippen LogP) is 3.56. The van der Waals surface area contributed by atoms with E-state index in [-0.39, 0.29) is 0 Å². The van der Waals surface area contributed by atoms with E-state index in [1.807, 2.05) is 4.79 Å². The summed E-state index contributed by atoms with van der Waals surface area (Å²) < 4.78 is 127. The molecule has 0 atom stereocenters. The van der Waals surface area contributed by atoms with Crippen molar-refractivity contribution in [3.05, 3.63) is 65.2 Å². The Labute approximate surface area is 159 Å². The second-order valence-electron chi connectivity index (χ2n) is 5.36. The van der Waals surface area contributed by atoms with E-state index in [0.717, 1.165) is 24.3 Å². The Hall–Kier alpha value is -2.70. The van der Waals surface area contributed by atoms with E-state index in [2.05, 4.69) is 0 Å². The zero-order chi connectivity index (χ0) is 22.3. The van der Waals surface area contributed by atoms with E-state index < -0.39 is 57.3 Å². The van der Waals surface area contributed by atoms with Gasteiger partial charge in [0.05, 0.1) is 20.9 Å². The SMILES string of the molecule is [N-]=[N+]=C(S(=O)(=O)c1ccccc1C(F)(F)F)S(=O)(=O)c1ccccc1C(F)(F)F. The van der Waals surface area contributed by atoms with E-state index in [4.69, 9.17) is 5.53 Å². The highest BCUT2D eigenvalue weighted by atomic mass is 32.3. The minimum absolute atomic E-state index is 0.318. The summed E-state index contributed by atoms with van der Waals surface area (Å²) in [5, 5.41) is 0. The summed E-state index contributed by atoms with van der Waals surface area (Å²) in [7, 11) is -11.4. The molecule has 2 aromatic carbocycles. The first-order valence-corrected chi connectivity index (χ1v) is 10.2. The second-order valence-corrected chi connectivity index (χ2v) is 9.29. The first-order valence-electron chi connectivity index (χ1n) is 7.20. The van der Waals surface area contributed by atoms with Gasteiger partial charge in [0.25, 0.3) is 19.7 Å². The van der Waals surface area contributed by atoms with Gasteiger partial charge >= 0.3 is 16.7 Å². The van der Waals surface area contributed by atoms with Gasteiger partial charge in [-0.3, -0.25) is 0 Å². The number of hydrogen-bond donors (Lipinski definition) is 0. The molecule has 156 valence electrons. The smallest absolute Gasteiger partial charge is 0.359 e. The summed E-state index contributed by atoms with van der Waals surface area (Å²) >= 11 is 0. The number of hydrogen-bond acceptors (Lipinski definition) is 4. The molecule has 2 aromatic rings. The summed E-state index contributed by atoms with van der Waals surface area (Å²) in [5.74, 6) is 0. The maximum Gasteiger partial charge on any atom is 0.504 e. The van der Waals surface area contributed by atoms with Crippen LogP contribution in [-0.4, -0.2) is 26.0 Å². The molecule has 0 aliphatic carbocycles. The van der Waals surface area contributed by atoms with E-state index in [1.165, 1.54) is 0 Å². The predicted molar refractivity (Wildman–Crippen MR) is 85.9 cm³/mol. The molecule has 2 rings (SSSR count). The molecule has 0 radical (unpaired) electrons. The fourth-order valence-corrected chi connectivity index (χ4v) is 6.06. The van der Waals surface area contributed by atoms with Crippen molar-refractivity contribution in [1.82, 2.24) is 0 Å². The van der Waals surface area contributed by atoms with Crippen LogP contribution in [0.15, 0.2) is 58.3 Å². The minimum atomic E-state index is -5.71. The van der Waals surface area contributed by atoms with Crippen molar-refractivity contribution in [2.45, 2.75) is 22.1 Å². The lowest BCUT2D eigenvalue weighted by molar-refractivity contribution is -0.140. The Morgan fingerprint density at radius 3 is 1.28 bits per heavy atom. The molecule has 0 aliphatic heterocycles. The molecule has 0 saturated heterocycles. The number of benzene rings is 2. The van der Waals surface area contributed by atoms with E-state index in [1.54, 1.807) is 0 Å².